The predicted molar refractivity (Wildman–Crippen MR) is 158 cm³/mol. The van der Waals surface area contributed by atoms with Gasteiger partial charge in [-0.25, -0.2) is 4.99 Å². The lowest BCUT2D eigenvalue weighted by molar-refractivity contribution is -0.384. The number of aliphatic imine (C=N–C) groups is 1. The molecule has 0 radical (unpaired) electrons. The van der Waals surface area contributed by atoms with Crippen molar-refractivity contribution in [3.05, 3.63) is 98.4 Å². The average Bonchev–Trinajstić information content (AvgIpc) is 3.27. The zero-order chi connectivity index (χ0) is 27.4. The molecule has 0 N–H and O–H groups in total. The fraction of sp³-hybridized carbons (Fsp3) is 0.267. The second kappa shape index (κ2) is 11.8. The highest BCUT2D eigenvalue weighted by Gasteiger charge is 2.35. The van der Waals surface area contributed by atoms with Crippen LogP contribution < -0.4 is 9.80 Å². The first-order chi connectivity index (χ1) is 19.0. The summed E-state index contributed by atoms with van der Waals surface area (Å²) >= 11 is 1.28. The summed E-state index contributed by atoms with van der Waals surface area (Å²) in [6.45, 7) is 6.69. The Morgan fingerprint density at radius 3 is 2.23 bits per heavy atom. The fourth-order valence-electron chi connectivity index (χ4n) is 4.58. The van der Waals surface area contributed by atoms with E-state index in [0.29, 0.717) is 41.9 Å². The van der Waals surface area contributed by atoms with Crippen LogP contribution in [0.25, 0.3) is 6.08 Å². The third kappa shape index (κ3) is 5.89. The lowest BCUT2D eigenvalue weighted by atomic mass is 10.1. The van der Waals surface area contributed by atoms with Gasteiger partial charge in [-0.15, -0.1) is 0 Å². The molecule has 5 rings (SSSR count). The van der Waals surface area contributed by atoms with Crippen molar-refractivity contribution in [3.8, 4) is 0 Å². The minimum atomic E-state index is -0.414. The Morgan fingerprint density at radius 2 is 1.62 bits per heavy atom. The van der Waals surface area contributed by atoms with Crippen LogP contribution in [0.2, 0.25) is 0 Å². The number of carbonyl (C=O) groups is 1. The van der Waals surface area contributed by atoms with Crippen LogP contribution in [0.5, 0.6) is 0 Å². The van der Waals surface area contributed by atoms with Crippen molar-refractivity contribution in [3.63, 3.8) is 0 Å². The molecule has 0 unspecified atom stereocenters. The van der Waals surface area contributed by atoms with Crippen LogP contribution in [-0.2, 0) is 22.4 Å². The number of nitro benzene ring substituents is 1. The molecule has 8 nitrogen and oxygen atoms in total. The van der Waals surface area contributed by atoms with Gasteiger partial charge in [0.25, 0.3) is 11.6 Å². The third-order valence-electron chi connectivity index (χ3n) is 6.84. The first-order valence-electron chi connectivity index (χ1n) is 13.1. The number of amidine groups is 1. The third-order valence-corrected chi connectivity index (χ3v) is 7.81. The van der Waals surface area contributed by atoms with Gasteiger partial charge in [-0.1, -0.05) is 38.1 Å². The van der Waals surface area contributed by atoms with Gasteiger partial charge in [-0.05, 0) is 72.1 Å². The average molecular weight is 543 g/mol. The van der Waals surface area contributed by atoms with Gasteiger partial charge in [0.2, 0.25) is 0 Å². The van der Waals surface area contributed by atoms with Crippen LogP contribution in [-0.4, -0.2) is 42.3 Å². The Bertz CT molecular complexity index is 1430. The summed E-state index contributed by atoms with van der Waals surface area (Å²) in [7, 11) is 0. The van der Waals surface area contributed by atoms with E-state index < -0.39 is 4.92 Å². The van der Waals surface area contributed by atoms with Crippen molar-refractivity contribution < 1.29 is 14.5 Å². The molecular weight excluding hydrogens is 512 g/mol. The molecule has 2 heterocycles. The van der Waals surface area contributed by atoms with E-state index in [0.717, 1.165) is 29.9 Å². The molecule has 0 spiro atoms. The Balaban J connectivity index is 1.58. The molecule has 200 valence electrons. The van der Waals surface area contributed by atoms with Gasteiger partial charge in [0.15, 0.2) is 5.17 Å². The van der Waals surface area contributed by atoms with Crippen LogP contribution in [0.1, 0.15) is 30.5 Å². The molecule has 3 aromatic rings. The summed E-state index contributed by atoms with van der Waals surface area (Å²) in [4.78, 5) is 34.1. The van der Waals surface area contributed by atoms with Gasteiger partial charge in [-0.3, -0.25) is 19.8 Å². The summed E-state index contributed by atoms with van der Waals surface area (Å²) < 4.78 is 5.49. The van der Waals surface area contributed by atoms with Crippen LogP contribution in [0.15, 0.2) is 76.6 Å². The van der Waals surface area contributed by atoms with Crippen LogP contribution in [0.4, 0.5) is 22.7 Å². The first kappa shape index (κ1) is 26.6. The van der Waals surface area contributed by atoms with E-state index in [9.17, 15) is 14.9 Å². The van der Waals surface area contributed by atoms with Crippen LogP contribution in [0.3, 0.4) is 0 Å². The van der Waals surface area contributed by atoms with Gasteiger partial charge in [0, 0.05) is 36.5 Å². The number of thioether (sulfide) groups is 1. The summed E-state index contributed by atoms with van der Waals surface area (Å²) in [5.74, 6) is -0.215. The number of rotatable bonds is 7. The summed E-state index contributed by atoms with van der Waals surface area (Å²) in [5, 5.41) is 12.1. The van der Waals surface area contributed by atoms with E-state index in [1.165, 1.54) is 35.0 Å². The summed E-state index contributed by atoms with van der Waals surface area (Å²) in [6, 6.07) is 20.7. The molecule has 0 aliphatic carbocycles. The lowest BCUT2D eigenvalue weighted by Gasteiger charge is -2.30. The zero-order valence-electron chi connectivity index (χ0n) is 22.0. The van der Waals surface area contributed by atoms with E-state index in [4.69, 9.17) is 9.73 Å². The highest BCUT2D eigenvalue weighted by molar-refractivity contribution is 8.19. The van der Waals surface area contributed by atoms with Gasteiger partial charge >= 0.3 is 0 Å². The number of anilines is 2. The van der Waals surface area contributed by atoms with Crippen molar-refractivity contribution in [1.82, 2.24) is 0 Å². The standard InChI is InChI=1S/C30H30N4O4S/c1-3-21-5-9-24(10-6-21)31-30-33(25-11-7-22(4-2)8-12-25)29(35)28(39-30)20-23-19-26(34(36)37)13-14-27(23)32-15-17-38-18-16-32/h5-14,19-20H,3-4,15-18H2,1-2H3/b28-20+,31-30?. The number of hydrogen-bond donors (Lipinski definition) is 0. The predicted octanol–water partition coefficient (Wildman–Crippen LogP) is 6.36. The number of nitro groups is 1. The second-order valence-corrected chi connectivity index (χ2v) is 10.3. The molecule has 0 bridgehead atoms. The minimum absolute atomic E-state index is 0.0220. The van der Waals surface area contributed by atoms with Crippen molar-refractivity contribution in [2.24, 2.45) is 4.99 Å². The number of aryl methyl sites for hydroxylation is 2. The Labute approximate surface area is 232 Å². The molecule has 1 amide bonds. The van der Waals surface area contributed by atoms with Gasteiger partial charge < -0.3 is 9.64 Å². The number of hydrogen-bond acceptors (Lipinski definition) is 7. The molecule has 3 aromatic carbocycles. The van der Waals surface area contributed by atoms with E-state index >= 15 is 0 Å². The maximum absolute atomic E-state index is 13.9. The normalized spacial score (nSPS) is 17.8. The highest BCUT2D eigenvalue weighted by Crippen LogP contribution is 2.39. The number of amides is 1. The summed E-state index contributed by atoms with van der Waals surface area (Å²) in [6.07, 6.45) is 3.58. The number of non-ortho nitro benzene ring substituents is 1. The molecule has 2 saturated heterocycles. The monoisotopic (exact) mass is 542 g/mol. The maximum Gasteiger partial charge on any atom is 0.271 e. The van der Waals surface area contributed by atoms with E-state index in [1.54, 1.807) is 17.0 Å². The minimum Gasteiger partial charge on any atom is -0.378 e. The van der Waals surface area contributed by atoms with Crippen molar-refractivity contribution in [2.75, 3.05) is 36.1 Å². The summed E-state index contributed by atoms with van der Waals surface area (Å²) in [5.41, 5.74) is 5.30. The molecule has 2 fully saturated rings. The van der Waals surface area contributed by atoms with E-state index in [2.05, 4.69) is 18.7 Å². The molecule has 0 saturated carbocycles. The highest BCUT2D eigenvalue weighted by atomic mass is 32.2. The fourth-order valence-corrected chi connectivity index (χ4v) is 5.57. The van der Waals surface area contributed by atoms with Gasteiger partial charge in [0.1, 0.15) is 0 Å². The second-order valence-electron chi connectivity index (χ2n) is 9.29. The van der Waals surface area contributed by atoms with Gasteiger partial charge in [0.05, 0.1) is 34.4 Å². The quantitative estimate of drug-likeness (QED) is 0.196. The SMILES string of the molecule is CCc1ccc(N=C2S/C(=C/c3cc([N+](=O)[O-])ccc3N3CCOCC3)C(=O)N2c2ccc(CC)cc2)cc1. The van der Waals surface area contributed by atoms with E-state index in [-0.39, 0.29) is 11.6 Å². The Hall–Kier alpha value is -3.95. The molecular formula is C30H30N4O4S. The zero-order valence-corrected chi connectivity index (χ0v) is 22.8. The van der Waals surface area contributed by atoms with Crippen LogP contribution >= 0.6 is 11.8 Å². The molecule has 0 aromatic heterocycles. The van der Waals surface area contributed by atoms with E-state index in [1.807, 2.05) is 48.5 Å². The molecule has 2 aliphatic heterocycles. The Kier molecular flexibility index (Phi) is 8.09. The van der Waals surface area contributed by atoms with Gasteiger partial charge in [-0.2, -0.15) is 0 Å². The van der Waals surface area contributed by atoms with Crippen molar-refractivity contribution in [1.29, 1.82) is 0 Å². The molecule has 9 heteroatoms. The number of ether oxygens (including phenoxy) is 1. The number of benzene rings is 3. The largest absolute Gasteiger partial charge is 0.378 e. The maximum atomic E-state index is 13.9. The Morgan fingerprint density at radius 1 is 0.974 bits per heavy atom. The smallest absolute Gasteiger partial charge is 0.271 e. The topological polar surface area (TPSA) is 88.3 Å². The first-order valence-corrected chi connectivity index (χ1v) is 13.9. The van der Waals surface area contributed by atoms with Crippen LogP contribution in [0, 0.1) is 10.1 Å². The number of morpholine rings is 1. The molecule has 39 heavy (non-hydrogen) atoms. The number of nitrogens with zero attached hydrogens (tertiary/aromatic N) is 4. The lowest BCUT2D eigenvalue weighted by Crippen LogP contribution is -2.36. The molecule has 2 aliphatic rings. The van der Waals surface area contributed by atoms with Crippen molar-refractivity contribution >= 4 is 51.7 Å². The van der Waals surface area contributed by atoms with Crippen molar-refractivity contribution in [2.45, 2.75) is 26.7 Å². The number of carbonyl (C=O) groups excluding carboxylic acids is 1. The molecule has 0 atom stereocenters.